The number of esters is 1. The van der Waals surface area contributed by atoms with Crippen molar-refractivity contribution >= 4 is 17.4 Å². The first-order chi connectivity index (χ1) is 15.3. The summed E-state index contributed by atoms with van der Waals surface area (Å²) >= 11 is 0. The summed E-state index contributed by atoms with van der Waals surface area (Å²) in [4.78, 5) is 19.6. The normalized spacial score (nSPS) is 17.9. The molecule has 1 N–H and O–H groups in total. The van der Waals surface area contributed by atoms with Crippen LogP contribution in [0.4, 0.5) is 10.2 Å². The SMILES string of the molecule is CCOC(=O)c1c(N[C@H](C)c2cc(F)cc3c2O[C@@](C)(CN=[N+]=[N-])C3)nn2cccnc12. The van der Waals surface area contributed by atoms with Crippen molar-refractivity contribution in [3.63, 3.8) is 0 Å². The number of fused-ring (bicyclic) bond motifs is 2. The Hall–Kier alpha value is -3.85. The number of nitrogens with one attached hydrogen (secondary N) is 1. The van der Waals surface area contributed by atoms with Crippen LogP contribution in [0, 0.1) is 5.82 Å². The lowest BCUT2D eigenvalue weighted by Gasteiger charge is -2.23. The molecule has 11 heteroatoms. The van der Waals surface area contributed by atoms with Crippen molar-refractivity contribution < 1.29 is 18.7 Å². The minimum Gasteiger partial charge on any atom is -0.486 e. The fourth-order valence-electron chi connectivity index (χ4n) is 3.87. The van der Waals surface area contributed by atoms with Crippen molar-refractivity contribution in [2.75, 3.05) is 18.5 Å². The van der Waals surface area contributed by atoms with Crippen molar-refractivity contribution in [3.8, 4) is 5.75 Å². The zero-order valence-electron chi connectivity index (χ0n) is 17.9. The number of ether oxygens (including phenoxy) is 2. The molecule has 0 bridgehead atoms. The number of hydrogen-bond donors (Lipinski definition) is 1. The van der Waals surface area contributed by atoms with Crippen LogP contribution in [0.3, 0.4) is 0 Å². The number of carbonyl (C=O) groups is 1. The van der Waals surface area contributed by atoms with Gasteiger partial charge in [0.2, 0.25) is 0 Å². The molecular weight excluding hydrogens is 417 g/mol. The summed E-state index contributed by atoms with van der Waals surface area (Å²) in [5.74, 6) is -0.172. The molecule has 0 fully saturated rings. The summed E-state index contributed by atoms with van der Waals surface area (Å²) < 4.78 is 27.2. The van der Waals surface area contributed by atoms with E-state index in [1.807, 2.05) is 13.8 Å². The maximum Gasteiger partial charge on any atom is 0.345 e. The third-order valence-electron chi connectivity index (χ3n) is 5.24. The van der Waals surface area contributed by atoms with Crippen LogP contribution in [-0.4, -0.2) is 39.3 Å². The zero-order valence-corrected chi connectivity index (χ0v) is 17.9. The fourth-order valence-corrected chi connectivity index (χ4v) is 3.87. The van der Waals surface area contributed by atoms with Crippen LogP contribution in [0.1, 0.15) is 48.3 Å². The van der Waals surface area contributed by atoms with Crippen LogP contribution in [0.15, 0.2) is 35.7 Å². The Morgan fingerprint density at radius 1 is 1.53 bits per heavy atom. The van der Waals surface area contributed by atoms with Gasteiger partial charge in [-0.15, -0.1) is 5.10 Å². The van der Waals surface area contributed by atoms with Gasteiger partial charge >= 0.3 is 5.97 Å². The van der Waals surface area contributed by atoms with E-state index in [1.165, 1.54) is 16.6 Å². The number of anilines is 1. The number of rotatable bonds is 7. The van der Waals surface area contributed by atoms with Gasteiger partial charge in [0.15, 0.2) is 11.5 Å². The summed E-state index contributed by atoms with van der Waals surface area (Å²) in [6.45, 7) is 5.66. The third kappa shape index (κ3) is 3.90. The van der Waals surface area contributed by atoms with Gasteiger partial charge in [-0.05, 0) is 44.5 Å². The second kappa shape index (κ2) is 8.35. The average molecular weight is 439 g/mol. The number of nitrogens with zero attached hydrogens (tertiary/aromatic N) is 6. The van der Waals surface area contributed by atoms with Gasteiger partial charge in [-0.25, -0.2) is 18.7 Å². The smallest absolute Gasteiger partial charge is 0.345 e. The fraction of sp³-hybridized carbons (Fsp3) is 0.381. The van der Waals surface area contributed by atoms with E-state index in [1.54, 1.807) is 25.4 Å². The van der Waals surface area contributed by atoms with Crippen molar-refractivity contribution in [3.05, 3.63) is 63.5 Å². The molecule has 0 radical (unpaired) electrons. The molecule has 32 heavy (non-hydrogen) atoms. The molecule has 4 rings (SSSR count). The largest absolute Gasteiger partial charge is 0.486 e. The minimum atomic E-state index is -0.764. The Morgan fingerprint density at radius 2 is 2.34 bits per heavy atom. The predicted octanol–water partition coefficient (Wildman–Crippen LogP) is 4.22. The lowest BCUT2D eigenvalue weighted by atomic mass is 9.97. The first kappa shape index (κ1) is 21.4. The van der Waals surface area contributed by atoms with E-state index in [2.05, 4.69) is 25.4 Å². The molecule has 1 aromatic carbocycles. The molecule has 3 aromatic rings. The van der Waals surface area contributed by atoms with Gasteiger partial charge in [-0.3, -0.25) is 0 Å². The topological polar surface area (TPSA) is 127 Å². The standard InChI is InChI=1S/C21H22FN7O3/c1-4-31-20(30)16-18(27-29-7-5-6-24-19(16)29)26-12(2)15-9-14(22)8-13-10-21(3,11-25-28-23)32-17(13)15/h5-9,12H,4,10-11H2,1-3H3,(H,26,27)/t12-,21-/m1/s1. The van der Waals surface area contributed by atoms with Gasteiger partial charge in [0.05, 0.1) is 19.2 Å². The molecule has 2 atom stereocenters. The lowest BCUT2D eigenvalue weighted by molar-refractivity contribution is 0.0529. The van der Waals surface area contributed by atoms with Crippen LogP contribution >= 0.6 is 0 Å². The summed E-state index contributed by atoms with van der Waals surface area (Å²) in [6, 6.07) is 4.03. The van der Waals surface area contributed by atoms with Crippen LogP contribution in [0.2, 0.25) is 0 Å². The molecule has 0 unspecified atom stereocenters. The van der Waals surface area contributed by atoms with Crippen molar-refractivity contribution in [2.24, 2.45) is 5.11 Å². The van der Waals surface area contributed by atoms with E-state index in [0.717, 1.165) is 0 Å². The Bertz CT molecular complexity index is 1240. The molecule has 166 valence electrons. The Balaban J connectivity index is 1.70. The number of hydrogen-bond acceptors (Lipinski definition) is 7. The molecule has 0 saturated carbocycles. The molecular formula is C21H22FN7O3. The Kier molecular flexibility index (Phi) is 5.58. The summed E-state index contributed by atoms with van der Waals surface area (Å²) in [5, 5.41) is 11.2. The highest BCUT2D eigenvalue weighted by atomic mass is 19.1. The predicted molar refractivity (Wildman–Crippen MR) is 114 cm³/mol. The Morgan fingerprint density at radius 3 is 3.09 bits per heavy atom. The van der Waals surface area contributed by atoms with Crippen molar-refractivity contribution in [2.45, 2.75) is 38.8 Å². The van der Waals surface area contributed by atoms with Gasteiger partial charge in [-0.2, -0.15) is 0 Å². The van der Waals surface area contributed by atoms with Crippen molar-refractivity contribution in [1.29, 1.82) is 0 Å². The first-order valence-corrected chi connectivity index (χ1v) is 10.1. The molecule has 3 heterocycles. The second-order valence-corrected chi connectivity index (χ2v) is 7.80. The van der Waals surface area contributed by atoms with Gasteiger partial charge in [0.1, 0.15) is 22.7 Å². The zero-order chi connectivity index (χ0) is 22.9. The highest BCUT2D eigenvalue weighted by Gasteiger charge is 2.37. The number of carbonyl (C=O) groups excluding carboxylic acids is 1. The Labute approximate surface area is 183 Å². The summed E-state index contributed by atoms with van der Waals surface area (Å²) in [7, 11) is 0. The molecule has 10 nitrogen and oxygen atoms in total. The van der Waals surface area contributed by atoms with Crippen molar-refractivity contribution in [1.82, 2.24) is 14.6 Å². The maximum absolute atomic E-state index is 14.4. The number of aromatic nitrogens is 3. The quantitative estimate of drug-likeness (QED) is 0.254. The maximum atomic E-state index is 14.4. The van der Waals surface area contributed by atoms with E-state index >= 15 is 0 Å². The highest BCUT2D eigenvalue weighted by Crippen LogP contribution is 2.42. The third-order valence-corrected chi connectivity index (χ3v) is 5.24. The molecule has 0 saturated heterocycles. The number of benzene rings is 1. The average Bonchev–Trinajstić information content (AvgIpc) is 3.28. The first-order valence-electron chi connectivity index (χ1n) is 10.1. The lowest BCUT2D eigenvalue weighted by Crippen LogP contribution is -2.33. The van der Waals surface area contributed by atoms with Gasteiger partial charge in [0.25, 0.3) is 0 Å². The van der Waals surface area contributed by atoms with Crippen LogP contribution in [0.25, 0.3) is 16.1 Å². The monoisotopic (exact) mass is 439 g/mol. The molecule has 1 aliphatic heterocycles. The van der Waals surface area contributed by atoms with E-state index in [9.17, 15) is 9.18 Å². The summed E-state index contributed by atoms with van der Waals surface area (Å²) in [5.41, 5.74) is 9.69. The van der Waals surface area contributed by atoms with Crippen LogP contribution in [0.5, 0.6) is 5.75 Å². The van der Waals surface area contributed by atoms with Gasteiger partial charge in [-0.1, -0.05) is 5.11 Å². The number of halogens is 1. The van der Waals surface area contributed by atoms with Crippen LogP contribution < -0.4 is 10.1 Å². The van der Waals surface area contributed by atoms with E-state index in [4.69, 9.17) is 15.0 Å². The van der Waals surface area contributed by atoms with E-state index < -0.39 is 23.4 Å². The van der Waals surface area contributed by atoms with Gasteiger partial charge < -0.3 is 14.8 Å². The molecule has 2 aromatic heterocycles. The summed E-state index contributed by atoms with van der Waals surface area (Å²) in [6.07, 6.45) is 3.64. The van der Waals surface area contributed by atoms with E-state index in [0.29, 0.717) is 28.9 Å². The minimum absolute atomic E-state index is 0.117. The molecule has 1 aliphatic rings. The van der Waals surface area contributed by atoms with Gasteiger partial charge in [0, 0.05) is 34.9 Å². The van der Waals surface area contributed by atoms with E-state index in [-0.39, 0.29) is 24.5 Å². The molecule has 0 amide bonds. The molecule has 0 spiro atoms. The number of azide groups is 1. The highest BCUT2D eigenvalue weighted by molar-refractivity contribution is 6.01. The molecule has 0 aliphatic carbocycles. The van der Waals surface area contributed by atoms with Crippen LogP contribution in [-0.2, 0) is 11.2 Å². The second-order valence-electron chi connectivity index (χ2n) is 7.80.